The second-order valence-electron chi connectivity index (χ2n) is 10.5. The van der Waals surface area contributed by atoms with E-state index in [1.807, 2.05) is 54.6 Å². The summed E-state index contributed by atoms with van der Waals surface area (Å²) in [5.41, 5.74) is 2.41. The molecule has 6 nitrogen and oxygen atoms in total. The van der Waals surface area contributed by atoms with Crippen molar-refractivity contribution in [2.45, 2.75) is 70.8 Å². The van der Waals surface area contributed by atoms with Gasteiger partial charge in [0.1, 0.15) is 17.6 Å². The molecule has 1 saturated heterocycles. The molecule has 1 heterocycles. The minimum Gasteiger partial charge on any atom is -0.480 e. The van der Waals surface area contributed by atoms with Crippen LogP contribution in [0.25, 0.3) is 11.1 Å². The largest absolute Gasteiger partial charge is 0.480 e. The highest BCUT2D eigenvalue weighted by atomic mass is 16.4. The highest BCUT2D eigenvalue weighted by Gasteiger charge is 2.44. The molecule has 2 atom stereocenters. The lowest BCUT2D eigenvalue weighted by Gasteiger charge is -2.31. The average Bonchev–Trinajstić information content (AvgIpc) is 3.54. The van der Waals surface area contributed by atoms with Crippen LogP contribution in [0.1, 0.15) is 63.9 Å². The first-order chi connectivity index (χ1) is 17.3. The van der Waals surface area contributed by atoms with Crippen LogP contribution in [0.5, 0.6) is 0 Å². The fourth-order valence-corrected chi connectivity index (χ4v) is 6.04. The number of ketones is 2. The van der Waals surface area contributed by atoms with Gasteiger partial charge in [-0.3, -0.25) is 14.4 Å². The zero-order valence-corrected chi connectivity index (χ0v) is 20.9. The van der Waals surface area contributed by atoms with Crippen molar-refractivity contribution >= 4 is 23.4 Å². The van der Waals surface area contributed by atoms with Crippen LogP contribution in [0.2, 0.25) is 0 Å². The van der Waals surface area contributed by atoms with Gasteiger partial charge in [-0.2, -0.15) is 0 Å². The topological polar surface area (TPSA) is 91.8 Å². The number of rotatable bonds is 10. The third-order valence-corrected chi connectivity index (χ3v) is 7.88. The van der Waals surface area contributed by atoms with E-state index in [2.05, 4.69) is 0 Å². The molecule has 2 fully saturated rings. The van der Waals surface area contributed by atoms with Gasteiger partial charge in [0, 0.05) is 30.7 Å². The van der Waals surface area contributed by atoms with Crippen molar-refractivity contribution in [1.29, 1.82) is 0 Å². The van der Waals surface area contributed by atoms with Crippen LogP contribution in [0.4, 0.5) is 0 Å². The Morgan fingerprint density at radius 1 is 0.944 bits per heavy atom. The Morgan fingerprint density at radius 3 is 2.19 bits per heavy atom. The lowest BCUT2D eigenvalue weighted by atomic mass is 9.74. The molecular formula is C30H35NO5. The summed E-state index contributed by atoms with van der Waals surface area (Å²) in [5, 5.41) is 9.64. The number of carboxylic acids is 1. The SMILES string of the molecule is CC(=O)CC1(C(=O)C[C@@H](Cc2ccc(-c3ccccc3)cc2)C(=O)N2CCC[C@H]2C(=O)O)CCCC1. The summed E-state index contributed by atoms with van der Waals surface area (Å²) in [6.07, 6.45) is 4.87. The summed E-state index contributed by atoms with van der Waals surface area (Å²) >= 11 is 0. The van der Waals surface area contributed by atoms with E-state index in [0.29, 0.717) is 38.6 Å². The second-order valence-corrected chi connectivity index (χ2v) is 10.5. The average molecular weight is 490 g/mol. The van der Waals surface area contributed by atoms with Crippen molar-refractivity contribution in [2.75, 3.05) is 6.54 Å². The fraction of sp³-hybridized carbons (Fsp3) is 0.467. The number of nitrogens with zero attached hydrogens (tertiary/aromatic N) is 1. The second kappa shape index (κ2) is 11.2. The maximum Gasteiger partial charge on any atom is 0.326 e. The highest BCUT2D eigenvalue weighted by Crippen LogP contribution is 2.44. The quantitative estimate of drug-likeness (QED) is 0.502. The third-order valence-electron chi connectivity index (χ3n) is 7.88. The zero-order chi connectivity index (χ0) is 25.7. The van der Waals surface area contributed by atoms with E-state index < -0.39 is 23.3 Å². The van der Waals surface area contributed by atoms with Crippen LogP contribution in [-0.2, 0) is 25.6 Å². The molecule has 1 N–H and O–H groups in total. The molecule has 1 aliphatic carbocycles. The van der Waals surface area contributed by atoms with Crippen molar-refractivity contribution in [3.05, 3.63) is 60.2 Å². The van der Waals surface area contributed by atoms with Crippen molar-refractivity contribution in [3.63, 3.8) is 0 Å². The van der Waals surface area contributed by atoms with E-state index in [1.165, 1.54) is 11.8 Å². The lowest BCUT2D eigenvalue weighted by molar-refractivity contribution is -0.150. The number of hydrogen-bond donors (Lipinski definition) is 1. The number of benzene rings is 2. The molecule has 0 radical (unpaired) electrons. The van der Waals surface area contributed by atoms with Gasteiger partial charge in [0.15, 0.2) is 0 Å². The minimum absolute atomic E-state index is 0.00453. The third kappa shape index (κ3) is 5.75. The van der Waals surface area contributed by atoms with E-state index in [0.717, 1.165) is 29.5 Å². The molecule has 0 aromatic heterocycles. The first-order valence-electron chi connectivity index (χ1n) is 13.0. The Bertz CT molecular complexity index is 1100. The number of carbonyl (C=O) groups is 4. The minimum atomic E-state index is -0.998. The molecule has 190 valence electrons. The monoisotopic (exact) mass is 489 g/mol. The van der Waals surface area contributed by atoms with E-state index >= 15 is 0 Å². The maximum atomic E-state index is 13.7. The van der Waals surface area contributed by atoms with Crippen LogP contribution in [0.15, 0.2) is 54.6 Å². The van der Waals surface area contributed by atoms with Crippen molar-refractivity contribution in [1.82, 2.24) is 4.90 Å². The summed E-state index contributed by atoms with van der Waals surface area (Å²) in [7, 11) is 0. The Labute approximate surface area is 212 Å². The number of hydrogen-bond acceptors (Lipinski definition) is 4. The summed E-state index contributed by atoms with van der Waals surface area (Å²) in [5.74, 6) is -1.95. The summed E-state index contributed by atoms with van der Waals surface area (Å²) in [6.45, 7) is 1.91. The van der Waals surface area contributed by atoms with Crippen molar-refractivity contribution in [3.8, 4) is 11.1 Å². The molecule has 0 bridgehead atoms. The molecule has 1 saturated carbocycles. The molecule has 36 heavy (non-hydrogen) atoms. The van der Waals surface area contributed by atoms with Crippen LogP contribution >= 0.6 is 0 Å². The van der Waals surface area contributed by atoms with Crippen molar-refractivity contribution < 1.29 is 24.3 Å². The predicted molar refractivity (Wildman–Crippen MR) is 137 cm³/mol. The first kappa shape index (κ1) is 25.8. The van der Waals surface area contributed by atoms with E-state index in [4.69, 9.17) is 0 Å². The van der Waals surface area contributed by atoms with E-state index in [1.54, 1.807) is 0 Å². The van der Waals surface area contributed by atoms with Crippen LogP contribution in [-0.4, -0.2) is 46.0 Å². The van der Waals surface area contributed by atoms with E-state index in [9.17, 15) is 24.3 Å². The molecule has 1 amide bonds. The summed E-state index contributed by atoms with van der Waals surface area (Å²) < 4.78 is 0. The smallest absolute Gasteiger partial charge is 0.326 e. The van der Waals surface area contributed by atoms with Gasteiger partial charge in [0.25, 0.3) is 0 Å². The van der Waals surface area contributed by atoms with Gasteiger partial charge in [-0.1, -0.05) is 67.4 Å². The number of carbonyl (C=O) groups excluding carboxylic acids is 3. The Kier molecular flexibility index (Phi) is 8.02. The van der Waals surface area contributed by atoms with Gasteiger partial charge in [-0.15, -0.1) is 0 Å². The lowest BCUT2D eigenvalue weighted by Crippen LogP contribution is -2.45. The molecule has 6 heteroatoms. The summed E-state index contributed by atoms with van der Waals surface area (Å²) in [6, 6.07) is 17.2. The normalized spacial score (nSPS) is 19.7. The maximum absolute atomic E-state index is 13.7. The highest BCUT2D eigenvalue weighted by molar-refractivity contribution is 5.94. The van der Waals surface area contributed by atoms with Gasteiger partial charge in [-0.05, 0) is 55.7 Å². The van der Waals surface area contributed by atoms with Gasteiger partial charge in [-0.25, -0.2) is 4.79 Å². The number of amides is 1. The van der Waals surface area contributed by atoms with Gasteiger partial charge in [0.05, 0.1) is 0 Å². The molecule has 0 spiro atoms. The zero-order valence-electron chi connectivity index (χ0n) is 20.9. The van der Waals surface area contributed by atoms with Crippen LogP contribution in [0, 0.1) is 11.3 Å². The number of Topliss-reactive ketones (excluding diaryl/α,β-unsaturated/α-hetero) is 2. The molecule has 4 rings (SSSR count). The number of aliphatic carboxylic acids is 1. The molecular weight excluding hydrogens is 454 g/mol. The first-order valence-corrected chi connectivity index (χ1v) is 13.0. The van der Waals surface area contributed by atoms with Gasteiger partial charge >= 0.3 is 5.97 Å². The van der Waals surface area contributed by atoms with Gasteiger partial charge < -0.3 is 10.0 Å². The van der Waals surface area contributed by atoms with Crippen LogP contribution < -0.4 is 0 Å². The molecule has 2 aromatic carbocycles. The van der Waals surface area contributed by atoms with Gasteiger partial charge in [0.2, 0.25) is 5.91 Å². The van der Waals surface area contributed by atoms with E-state index in [-0.39, 0.29) is 30.3 Å². The van der Waals surface area contributed by atoms with Crippen LogP contribution in [0.3, 0.4) is 0 Å². The Hall–Kier alpha value is -3.28. The standard InChI is InChI=1S/C30H35NO5/c1-21(32)20-30(15-5-6-16-30)27(33)19-25(28(34)31-17-7-10-26(31)29(35)36)18-22-11-13-24(14-12-22)23-8-3-2-4-9-23/h2-4,8-9,11-14,25-26H,5-7,10,15-20H2,1H3,(H,35,36)/t25-,26+/m1/s1. The number of carboxylic acid groups (broad SMARTS) is 1. The summed E-state index contributed by atoms with van der Waals surface area (Å²) in [4.78, 5) is 52.5. The van der Waals surface area contributed by atoms with Crippen molar-refractivity contribution in [2.24, 2.45) is 11.3 Å². The molecule has 2 aromatic rings. The Balaban J connectivity index is 1.58. The Morgan fingerprint density at radius 2 is 1.58 bits per heavy atom. The molecule has 1 aliphatic heterocycles. The number of likely N-dealkylation sites (tertiary alicyclic amines) is 1. The molecule has 2 aliphatic rings. The predicted octanol–water partition coefficient (Wildman–Crippen LogP) is 5.09. The fourth-order valence-electron chi connectivity index (χ4n) is 6.04. The molecule has 0 unspecified atom stereocenters.